The molecular weight excluding hydrogens is 370 g/mol. The maximum Gasteiger partial charge on any atom is 0.123 e. The fraction of sp³-hybridized carbons (Fsp3) is 0.0952. The molecule has 3 aromatic rings. The average Bonchev–Trinajstić information content (AvgIpc) is 3.09. The summed E-state index contributed by atoms with van der Waals surface area (Å²) >= 11 is 12.1. The van der Waals surface area contributed by atoms with E-state index in [0.717, 1.165) is 28.9 Å². The van der Waals surface area contributed by atoms with Crippen LogP contribution in [0.3, 0.4) is 0 Å². The normalized spacial score (nSPS) is 16.7. The fourth-order valence-electron chi connectivity index (χ4n) is 3.10. The molecule has 1 atom stereocenters. The van der Waals surface area contributed by atoms with Crippen molar-refractivity contribution >= 4 is 34.6 Å². The molecule has 5 heteroatoms. The van der Waals surface area contributed by atoms with Gasteiger partial charge in [-0.15, -0.1) is 0 Å². The molecule has 4 rings (SSSR count). The van der Waals surface area contributed by atoms with Gasteiger partial charge in [0.05, 0.1) is 17.4 Å². The summed E-state index contributed by atoms with van der Waals surface area (Å²) in [6.45, 7) is 0. The van der Waals surface area contributed by atoms with Crippen molar-refractivity contribution in [3.8, 4) is 0 Å². The highest BCUT2D eigenvalue weighted by molar-refractivity contribution is 6.30. The van der Waals surface area contributed by atoms with Gasteiger partial charge in [-0.3, -0.25) is 5.01 Å². The first-order chi connectivity index (χ1) is 12.6. The molecule has 2 nitrogen and oxygen atoms in total. The van der Waals surface area contributed by atoms with Gasteiger partial charge >= 0.3 is 0 Å². The molecule has 1 unspecified atom stereocenters. The number of nitrogens with zero attached hydrogens (tertiary/aromatic N) is 2. The summed E-state index contributed by atoms with van der Waals surface area (Å²) < 4.78 is 13.3. The standard InChI is InChI=1S/C21H15Cl2FN2/c22-16-5-1-15(2-6-16)21-13-20(14-3-9-18(24)10-4-14)25-26(21)19-11-7-17(23)8-12-19/h1-12,21H,13H2. The zero-order chi connectivity index (χ0) is 18.1. The zero-order valence-electron chi connectivity index (χ0n) is 13.7. The third-order valence-corrected chi connectivity index (χ3v) is 4.94. The second-order valence-corrected chi connectivity index (χ2v) is 7.02. The van der Waals surface area contributed by atoms with E-state index >= 15 is 0 Å². The van der Waals surface area contributed by atoms with Crippen LogP contribution in [-0.4, -0.2) is 5.71 Å². The predicted molar refractivity (Wildman–Crippen MR) is 106 cm³/mol. The molecule has 0 radical (unpaired) electrons. The highest BCUT2D eigenvalue weighted by Crippen LogP contribution is 2.37. The molecule has 1 aliphatic heterocycles. The molecule has 0 aromatic heterocycles. The van der Waals surface area contributed by atoms with E-state index in [9.17, 15) is 4.39 Å². The van der Waals surface area contributed by atoms with Crippen molar-refractivity contribution in [2.24, 2.45) is 5.10 Å². The van der Waals surface area contributed by atoms with Crippen LogP contribution in [0.25, 0.3) is 0 Å². The van der Waals surface area contributed by atoms with E-state index in [-0.39, 0.29) is 11.9 Å². The van der Waals surface area contributed by atoms with E-state index in [1.54, 1.807) is 12.1 Å². The number of anilines is 1. The van der Waals surface area contributed by atoms with Crippen LogP contribution in [0.1, 0.15) is 23.6 Å². The lowest BCUT2D eigenvalue weighted by Crippen LogP contribution is -2.18. The molecule has 0 saturated carbocycles. The number of hydrogen-bond donors (Lipinski definition) is 0. The van der Waals surface area contributed by atoms with Crippen LogP contribution in [0.5, 0.6) is 0 Å². The van der Waals surface area contributed by atoms with Crippen LogP contribution < -0.4 is 5.01 Å². The maximum atomic E-state index is 13.3. The highest BCUT2D eigenvalue weighted by Gasteiger charge is 2.29. The van der Waals surface area contributed by atoms with Crippen molar-refractivity contribution < 1.29 is 4.39 Å². The van der Waals surface area contributed by atoms with Gasteiger partial charge in [0.2, 0.25) is 0 Å². The summed E-state index contributed by atoms with van der Waals surface area (Å²) in [5, 5.41) is 8.18. The Labute approximate surface area is 161 Å². The van der Waals surface area contributed by atoms with Gasteiger partial charge in [-0.25, -0.2) is 4.39 Å². The second kappa shape index (κ2) is 7.10. The van der Waals surface area contributed by atoms with Crippen molar-refractivity contribution in [1.29, 1.82) is 0 Å². The van der Waals surface area contributed by atoms with Crippen molar-refractivity contribution in [2.45, 2.75) is 12.5 Å². The van der Waals surface area contributed by atoms with E-state index in [0.29, 0.717) is 10.0 Å². The Hall–Kier alpha value is -2.36. The van der Waals surface area contributed by atoms with Gasteiger partial charge in [-0.1, -0.05) is 47.5 Å². The smallest absolute Gasteiger partial charge is 0.123 e. The van der Waals surface area contributed by atoms with Gasteiger partial charge in [-0.05, 0) is 59.7 Å². The fourth-order valence-corrected chi connectivity index (χ4v) is 3.36. The van der Waals surface area contributed by atoms with E-state index in [1.165, 1.54) is 12.1 Å². The number of halogens is 3. The number of rotatable bonds is 3. The first-order valence-corrected chi connectivity index (χ1v) is 8.99. The van der Waals surface area contributed by atoms with Gasteiger partial charge in [0.25, 0.3) is 0 Å². The minimum Gasteiger partial charge on any atom is -0.257 e. The summed E-state index contributed by atoms with van der Waals surface area (Å²) in [5.41, 5.74) is 3.90. The monoisotopic (exact) mass is 384 g/mol. The van der Waals surface area contributed by atoms with Crippen molar-refractivity contribution in [3.05, 3.63) is 99.8 Å². The molecule has 3 aromatic carbocycles. The third kappa shape index (κ3) is 3.46. The van der Waals surface area contributed by atoms with Crippen LogP contribution in [0.4, 0.5) is 10.1 Å². The molecule has 0 aliphatic carbocycles. The number of hydrogen-bond acceptors (Lipinski definition) is 2. The van der Waals surface area contributed by atoms with Crippen molar-refractivity contribution in [3.63, 3.8) is 0 Å². The van der Waals surface area contributed by atoms with E-state index in [2.05, 4.69) is 0 Å². The Kier molecular flexibility index (Phi) is 4.66. The summed E-state index contributed by atoms with van der Waals surface area (Å²) in [4.78, 5) is 0. The van der Waals surface area contributed by atoms with Crippen LogP contribution in [0.15, 0.2) is 77.9 Å². The first kappa shape index (κ1) is 17.1. The predicted octanol–water partition coefficient (Wildman–Crippen LogP) is 6.49. The Morgan fingerprint density at radius 2 is 1.38 bits per heavy atom. The Bertz CT molecular complexity index is 935. The summed E-state index contributed by atoms with van der Waals surface area (Å²) in [6.07, 6.45) is 0.718. The quantitative estimate of drug-likeness (QED) is 0.503. The summed E-state index contributed by atoms with van der Waals surface area (Å²) in [6, 6.07) is 21.9. The summed E-state index contributed by atoms with van der Waals surface area (Å²) in [7, 11) is 0. The first-order valence-electron chi connectivity index (χ1n) is 8.24. The minimum atomic E-state index is -0.254. The Balaban J connectivity index is 1.74. The van der Waals surface area contributed by atoms with Crippen LogP contribution >= 0.6 is 23.2 Å². The molecule has 26 heavy (non-hydrogen) atoms. The highest BCUT2D eigenvalue weighted by atomic mass is 35.5. The largest absolute Gasteiger partial charge is 0.257 e. The maximum absolute atomic E-state index is 13.3. The second-order valence-electron chi connectivity index (χ2n) is 6.15. The Morgan fingerprint density at radius 3 is 2.00 bits per heavy atom. The average molecular weight is 385 g/mol. The van der Waals surface area contributed by atoms with Crippen LogP contribution in [-0.2, 0) is 0 Å². The molecular formula is C21H15Cl2FN2. The van der Waals surface area contributed by atoms with Gasteiger partial charge in [0.1, 0.15) is 5.82 Å². The molecule has 1 aliphatic rings. The van der Waals surface area contributed by atoms with Gasteiger partial charge in [0, 0.05) is 16.5 Å². The van der Waals surface area contributed by atoms with Crippen molar-refractivity contribution in [2.75, 3.05) is 5.01 Å². The van der Waals surface area contributed by atoms with E-state index in [1.807, 2.05) is 53.5 Å². The van der Waals surface area contributed by atoms with Gasteiger partial charge in [-0.2, -0.15) is 5.10 Å². The number of hydrazone groups is 1. The molecule has 0 amide bonds. The van der Waals surface area contributed by atoms with Gasteiger partial charge < -0.3 is 0 Å². The zero-order valence-corrected chi connectivity index (χ0v) is 15.3. The SMILES string of the molecule is Fc1ccc(C2=NN(c3ccc(Cl)cc3)C(c3ccc(Cl)cc3)C2)cc1. The van der Waals surface area contributed by atoms with Crippen LogP contribution in [0.2, 0.25) is 10.0 Å². The molecule has 130 valence electrons. The Morgan fingerprint density at radius 1 is 0.808 bits per heavy atom. The van der Waals surface area contributed by atoms with Crippen molar-refractivity contribution in [1.82, 2.24) is 0 Å². The lowest BCUT2D eigenvalue weighted by Gasteiger charge is -2.24. The van der Waals surface area contributed by atoms with Gasteiger partial charge in [0.15, 0.2) is 0 Å². The molecule has 0 spiro atoms. The molecule has 1 heterocycles. The summed E-state index contributed by atoms with van der Waals surface area (Å²) in [5.74, 6) is -0.254. The lowest BCUT2D eigenvalue weighted by atomic mass is 9.98. The van der Waals surface area contributed by atoms with E-state index < -0.39 is 0 Å². The lowest BCUT2D eigenvalue weighted by molar-refractivity contribution is 0.627. The number of benzene rings is 3. The van der Waals surface area contributed by atoms with Crippen LogP contribution in [0, 0.1) is 5.82 Å². The minimum absolute atomic E-state index is 0.0356. The molecule has 0 saturated heterocycles. The third-order valence-electron chi connectivity index (χ3n) is 4.43. The molecule has 0 N–H and O–H groups in total. The molecule has 0 fully saturated rings. The topological polar surface area (TPSA) is 15.6 Å². The molecule has 0 bridgehead atoms. The van der Waals surface area contributed by atoms with E-state index in [4.69, 9.17) is 28.3 Å².